The zero-order chi connectivity index (χ0) is 9.14. The molecule has 0 radical (unpaired) electrons. The molecule has 0 aromatic carbocycles. The van der Waals surface area contributed by atoms with Crippen molar-refractivity contribution in [1.82, 2.24) is 0 Å². The second-order valence-corrected chi connectivity index (χ2v) is 4.99. The minimum atomic E-state index is 0.905. The van der Waals surface area contributed by atoms with Gasteiger partial charge in [-0.05, 0) is 36.5 Å². The van der Waals surface area contributed by atoms with E-state index in [0.29, 0.717) is 0 Å². The second-order valence-electron chi connectivity index (χ2n) is 4.99. The van der Waals surface area contributed by atoms with Crippen molar-refractivity contribution in [2.75, 3.05) is 0 Å². The van der Waals surface area contributed by atoms with E-state index in [9.17, 15) is 0 Å². The highest BCUT2D eigenvalue weighted by molar-refractivity contribution is 4.79. The fourth-order valence-electron chi connectivity index (χ4n) is 2.87. The van der Waals surface area contributed by atoms with Crippen molar-refractivity contribution in [3.05, 3.63) is 0 Å². The molecule has 72 valence electrons. The molecule has 0 bridgehead atoms. The third-order valence-electron chi connectivity index (χ3n) is 3.68. The summed E-state index contributed by atoms with van der Waals surface area (Å²) in [6.45, 7) is 9.56. The first-order chi connectivity index (χ1) is 5.65. The van der Waals surface area contributed by atoms with Crippen LogP contribution in [0.1, 0.15) is 53.4 Å². The van der Waals surface area contributed by atoms with Crippen molar-refractivity contribution >= 4 is 0 Å². The van der Waals surface area contributed by atoms with E-state index < -0.39 is 0 Å². The molecule has 12 heavy (non-hydrogen) atoms. The lowest BCUT2D eigenvalue weighted by Gasteiger charge is -2.36. The molecule has 0 spiro atoms. The minimum Gasteiger partial charge on any atom is -0.0651 e. The molecular formula is C12H24. The maximum absolute atomic E-state index is 2.42. The lowest BCUT2D eigenvalue weighted by Crippen LogP contribution is -2.26. The zero-order valence-electron chi connectivity index (χ0n) is 9.14. The summed E-state index contributed by atoms with van der Waals surface area (Å²) in [4.78, 5) is 0. The van der Waals surface area contributed by atoms with Gasteiger partial charge in [-0.15, -0.1) is 0 Å². The van der Waals surface area contributed by atoms with E-state index in [0.717, 1.165) is 23.7 Å². The van der Waals surface area contributed by atoms with Crippen LogP contribution < -0.4 is 0 Å². The van der Waals surface area contributed by atoms with E-state index in [1.54, 1.807) is 0 Å². The van der Waals surface area contributed by atoms with Gasteiger partial charge in [-0.1, -0.05) is 40.5 Å². The Kier molecular flexibility index (Phi) is 3.61. The van der Waals surface area contributed by atoms with Gasteiger partial charge >= 0.3 is 0 Å². The van der Waals surface area contributed by atoms with E-state index in [1.165, 1.54) is 25.7 Å². The Balaban J connectivity index is 2.50. The molecule has 0 unspecified atom stereocenters. The van der Waals surface area contributed by atoms with Crippen molar-refractivity contribution in [2.24, 2.45) is 23.7 Å². The smallest absolute Gasteiger partial charge is 0.0363 e. The number of rotatable bonds is 2. The maximum Gasteiger partial charge on any atom is -0.0363 e. The van der Waals surface area contributed by atoms with Crippen LogP contribution in [-0.4, -0.2) is 0 Å². The standard InChI is InChI=1S/C12H24/c1-5-11-8-10(4)6-7-12(11)9(2)3/h9-12H,5-8H2,1-4H3/t10-,11+,12+/m1/s1. The highest BCUT2D eigenvalue weighted by Gasteiger charge is 2.28. The molecule has 1 rings (SSSR count). The van der Waals surface area contributed by atoms with Gasteiger partial charge in [0.2, 0.25) is 0 Å². The van der Waals surface area contributed by atoms with Gasteiger partial charge in [0.15, 0.2) is 0 Å². The third-order valence-corrected chi connectivity index (χ3v) is 3.68. The van der Waals surface area contributed by atoms with E-state index in [-0.39, 0.29) is 0 Å². The molecule has 1 aliphatic carbocycles. The van der Waals surface area contributed by atoms with Crippen LogP contribution in [0, 0.1) is 23.7 Å². The van der Waals surface area contributed by atoms with Crippen LogP contribution in [0.4, 0.5) is 0 Å². The van der Waals surface area contributed by atoms with Crippen molar-refractivity contribution in [1.29, 1.82) is 0 Å². The Hall–Kier alpha value is 0. The average molecular weight is 168 g/mol. The van der Waals surface area contributed by atoms with Crippen LogP contribution in [0.25, 0.3) is 0 Å². The molecule has 3 atom stereocenters. The Labute approximate surface area is 77.7 Å². The fourth-order valence-corrected chi connectivity index (χ4v) is 2.87. The second kappa shape index (κ2) is 4.30. The van der Waals surface area contributed by atoms with Crippen molar-refractivity contribution in [2.45, 2.75) is 53.4 Å². The normalized spacial score (nSPS) is 37.2. The molecule has 0 nitrogen and oxygen atoms in total. The first kappa shape index (κ1) is 10.1. The van der Waals surface area contributed by atoms with E-state index in [2.05, 4.69) is 27.7 Å². The molecular weight excluding hydrogens is 144 g/mol. The van der Waals surface area contributed by atoms with E-state index in [1.807, 2.05) is 0 Å². The summed E-state index contributed by atoms with van der Waals surface area (Å²) in [5, 5.41) is 0. The highest BCUT2D eigenvalue weighted by Crippen LogP contribution is 2.39. The molecule has 1 aliphatic rings. The molecule has 1 fully saturated rings. The van der Waals surface area contributed by atoms with E-state index >= 15 is 0 Å². The summed E-state index contributed by atoms with van der Waals surface area (Å²) in [5.74, 6) is 3.94. The predicted molar refractivity (Wildman–Crippen MR) is 55.1 cm³/mol. The van der Waals surface area contributed by atoms with Gasteiger partial charge in [0, 0.05) is 0 Å². The molecule has 0 aromatic rings. The molecule has 0 heterocycles. The van der Waals surface area contributed by atoms with Gasteiger partial charge in [-0.3, -0.25) is 0 Å². The molecule has 0 heteroatoms. The van der Waals surface area contributed by atoms with Crippen molar-refractivity contribution in [3.8, 4) is 0 Å². The lowest BCUT2D eigenvalue weighted by atomic mass is 9.69. The van der Waals surface area contributed by atoms with Gasteiger partial charge in [-0.2, -0.15) is 0 Å². The molecule has 0 saturated heterocycles. The van der Waals surface area contributed by atoms with Crippen molar-refractivity contribution < 1.29 is 0 Å². The summed E-state index contributed by atoms with van der Waals surface area (Å²) < 4.78 is 0. The molecule has 0 N–H and O–H groups in total. The van der Waals surface area contributed by atoms with Crippen molar-refractivity contribution in [3.63, 3.8) is 0 Å². The van der Waals surface area contributed by atoms with Gasteiger partial charge in [-0.25, -0.2) is 0 Å². The van der Waals surface area contributed by atoms with E-state index in [4.69, 9.17) is 0 Å². The van der Waals surface area contributed by atoms with Crippen LogP contribution in [0.2, 0.25) is 0 Å². The Morgan fingerprint density at radius 1 is 1.25 bits per heavy atom. The Bertz CT molecular complexity index is 126. The van der Waals surface area contributed by atoms with Crippen LogP contribution in [0.5, 0.6) is 0 Å². The number of hydrogen-bond acceptors (Lipinski definition) is 0. The lowest BCUT2D eigenvalue weighted by molar-refractivity contribution is 0.140. The first-order valence-electron chi connectivity index (χ1n) is 5.65. The molecule has 0 aliphatic heterocycles. The van der Waals surface area contributed by atoms with Gasteiger partial charge in [0.25, 0.3) is 0 Å². The molecule has 1 saturated carbocycles. The topological polar surface area (TPSA) is 0 Å². The quantitative estimate of drug-likeness (QED) is 0.582. The third kappa shape index (κ3) is 2.24. The van der Waals surface area contributed by atoms with Crippen LogP contribution in [0.15, 0.2) is 0 Å². The predicted octanol–water partition coefficient (Wildman–Crippen LogP) is 4.10. The average Bonchev–Trinajstić information content (AvgIpc) is 2.03. The maximum atomic E-state index is 2.42. The summed E-state index contributed by atoms with van der Waals surface area (Å²) >= 11 is 0. The largest absolute Gasteiger partial charge is 0.0651 e. The zero-order valence-corrected chi connectivity index (χ0v) is 9.14. The van der Waals surface area contributed by atoms with Crippen LogP contribution in [0.3, 0.4) is 0 Å². The Morgan fingerprint density at radius 3 is 2.42 bits per heavy atom. The fraction of sp³-hybridized carbons (Fsp3) is 1.00. The summed E-state index contributed by atoms with van der Waals surface area (Å²) in [5.41, 5.74) is 0. The Morgan fingerprint density at radius 2 is 1.92 bits per heavy atom. The van der Waals surface area contributed by atoms with Gasteiger partial charge < -0.3 is 0 Å². The summed E-state index contributed by atoms with van der Waals surface area (Å²) in [7, 11) is 0. The molecule has 0 aromatic heterocycles. The molecule has 0 amide bonds. The monoisotopic (exact) mass is 168 g/mol. The summed E-state index contributed by atoms with van der Waals surface area (Å²) in [6, 6.07) is 0. The SMILES string of the molecule is CC[C@H]1C[C@H](C)CC[C@H]1C(C)C. The summed E-state index contributed by atoms with van der Waals surface area (Å²) in [6.07, 6.45) is 5.84. The van der Waals surface area contributed by atoms with Gasteiger partial charge in [0.1, 0.15) is 0 Å². The first-order valence-corrected chi connectivity index (χ1v) is 5.65. The minimum absolute atomic E-state index is 0.905. The van der Waals surface area contributed by atoms with Crippen LogP contribution >= 0.6 is 0 Å². The van der Waals surface area contributed by atoms with Crippen LogP contribution in [-0.2, 0) is 0 Å². The van der Waals surface area contributed by atoms with Gasteiger partial charge in [0.05, 0.1) is 0 Å². The number of hydrogen-bond donors (Lipinski definition) is 0. The highest BCUT2D eigenvalue weighted by atomic mass is 14.3.